The van der Waals surface area contributed by atoms with Gasteiger partial charge in [-0.3, -0.25) is 4.79 Å². The van der Waals surface area contributed by atoms with Crippen molar-refractivity contribution in [3.63, 3.8) is 0 Å². The van der Waals surface area contributed by atoms with Crippen LogP contribution in [0.3, 0.4) is 0 Å². The number of amides is 1. The molecule has 4 rings (SSSR count). The molecule has 0 saturated heterocycles. The molecule has 4 aromatic rings. The average molecular weight is 410 g/mol. The van der Waals surface area contributed by atoms with Crippen molar-refractivity contribution in [1.29, 1.82) is 0 Å². The lowest BCUT2D eigenvalue weighted by Gasteiger charge is -2.28. The quantitative estimate of drug-likeness (QED) is 0.438. The number of nitrogens with one attached hydrogen (secondary N) is 1. The molecule has 0 radical (unpaired) electrons. The van der Waals surface area contributed by atoms with Gasteiger partial charge in [0, 0.05) is 12.6 Å². The van der Waals surface area contributed by atoms with E-state index in [1.165, 1.54) is 21.5 Å². The first-order valence-corrected chi connectivity index (χ1v) is 12.1. The van der Waals surface area contributed by atoms with Crippen LogP contribution in [0.15, 0.2) is 115 Å². The van der Waals surface area contributed by atoms with E-state index < -0.39 is 7.26 Å². The molecule has 0 aliphatic rings. The Morgan fingerprint density at radius 2 is 1.13 bits per heavy atom. The molecule has 0 saturated carbocycles. The first-order chi connectivity index (χ1) is 14.7. The summed E-state index contributed by atoms with van der Waals surface area (Å²) in [6.45, 7) is 1.54. The molecule has 0 fully saturated rings. The summed E-state index contributed by atoms with van der Waals surface area (Å²) in [6, 6.07) is 40.8. The number of benzene rings is 4. The molecular formula is C27H25NOP+. The summed E-state index contributed by atoms with van der Waals surface area (Å²) in [5.41, 5.74) is 2.05. The highest BCUT2D eigenvalue weighted by Crippen LogP contribution is 2.58. The van der Waals surface area contributed by atoms with Crippen LogP contribution in [0.2, 0.25) is 0 Å². The first-order valence-electron chi connectivity index (χ1n) is 10.1. The molecule has 1 amide bonds. The molecule has 0 heterocycles. The van der Waals surface area contributed by atoms with Gasteiger partial charge in [-0.2, -0.15) is 0 Å². The van der Waals surface area contributed by atoms with Crippen LogP contribution in [0, 0.1) is 0 Å². The highest BCUT2D eigenvalue weighted by Gasteiger charge is 2.45. The Bertz CT molecular complexity index is 1010. The SMILES string of the molecule is CC(=O)Nc1cccc(C[P+](c2ccccc2)(c2ccccc2)c2ccccc2)c1. The molecule has 0 aliphatic heterocycles. The van der Waals surface area contributed by atoms with Crippen LogP contribution < -0.4 is 21.2 Å². The van der Waals surface area contributed by atoms with Gasteiger partial charge in [-0.25, -0.2) is 0 Å². The summed E-state index contributed by atoms with van der Waals surface area (Å²) in [7, 11) is -1.94. The largest absolute Gasteiger partial charge is 0.326 e. The first kappa shape index (κ1) is 20.1. The predicted octanol–water partition coefficient (Wildman–Crippen LogP) is 5.14. The Hall–Kier alpha value is -3.22. The van der Waals surface area contributed by atoms with Crippen LogP contribution >= 0.6 is 7.26 Å². The van der Waals surface area contributed by atoms with Crippen LogP contribution in [0.1, 0.15) is 12.5 Å². The molecule has 4 aromatic carbocycles. The summed E-state index contributed by atoms with van der Waals surface area (Å²) in [4.78, 5) is 11.6. The van der Waals surface area contributed by atoms with Gasteiger partial charge in [0.25, 0.3) is 0 Å². The molecule has 2 nitrogen and oxygen atoms in total. The fourth-order valence-electron chi connectivity index (χ4n) is 3.99. The number of rotatable bonds is 6. The molecule has 3 heteroatoms. The maximum absolute atomic E-state index is 11.6. The van der Waals surface area contributed by atoms with Gasteiger partial charge in [0.1, 0.15) is 23.2 Å². The van der Waals surface area contributed by atoms with Crippen molar-refractivity contribution in [2.75, 3.05) is 5.32 Å². The van der Waals surface area contributed by atoms with Gasteiger partial charge in [-0.05, 0) is 54.1 Å². The minimum Gasteiger partial charge on any atom is -0.326 e. The van der Waals surface area contributed by atoms with Crippen molar-refractivity contribution in [3.05, 3.63) is 121 Å². The maximum atomic E-state index is 11.6. The molecule has 0 spiro atoms. The molecule has 0 bridgehead atoms. The second kappa shape index (κ2) is 9.07. The molecule has 148 valence electrons. The highest BCUT2D eigenvalue weighted by atomic mass is 31.2. The van der Waals surface area contributed by atoms with Gasteiger partial charge in [-0.15, -0.1) is 0 Å². The van der Waals surface area contributed by atoms with E-state index in [-0.39, 0.29) is 5.91 Å². The normalized spacial score (nSPS) is 11.1. The van der Waals surface area contributed by atoms with Crippen LogP contribution in [-0.2, 0) is 11.0 Å². The van der Waals surface area contributed by atoms with E-state index in [2.05, 4.69) is 108 Å². The predicted molar refractivity (Wildman–Crippen MR) is 130 cm³/mol. The zero-order valence-corrected chi connectivity index (χ0v) is 17.9. The van der Waals surface area contributed by atoms with Crippen molar-refractivity contribution in [2.45, 2.75) is 13.1 Å². The molecular weight excluding hydrogens is 385 g/mol. The fourth-order valence-corrected chi connectivity index (χ4v) is 8.22. The van der Waals surface area contributed by atoms with Crippen molar-refractivity contribution >= 4 is 34.8 Å². The van der Waals surface area contributed by atoms with Crippen LogP contribution in [0.25, 0.3) is 0 Å². The summed E-state index contributed by atoms with van der Waals surface area (Å²) in [5.74, 6) is -0.0533. The van der Waals surface area contributed by atoms with Crippen LogP contribution in [0.5, 0.6) is 0 Å². The van der Waals surface area contributed by atoms with Gasteiger partial charge in [0.2, 0.25) is 5.91 Å². The van der Waals surface area contributed by atoms with E-state index >= 15 is 0 Å². The van der Waals surface area contributed by atoms with Crippen LogP contribution in [0.4, 0.5) is 5.69 Å². The Morgan fingerprint density at radius 3 is 1.57 bits per heavy atom. The lowest BCUT2D eigenvalue weighted by Crippen LogP contribution is -2.32. The third-order valence-electron chi connectivity index (χ3n) is 5.26. The van der Waals surface area contributed by atoms with Gasteiger partial charge in [-0.1, -0.05) is 66.7 Å². The molecule has 30 heavy (non-hydrogen) atoms. The van der Waals surface area contributed by atoms with E-state index in [9.17, 15) is 4.79 Å². The van der Waals surface area contributed by atoms with Crippen LogP contribution in [-0.4, -0.2) is 5.91 Å². The molecule has 0 aromatic heterocycles. The Morgan fingerprint density at radius 1 is 0.667 bits per heavy atom. The number of carbonyl (C=O) groups excluding carboxylic acids is 1. The van der Waals surface area contributed by atoms with Crippen molar-refractivity contribution < 1.29 is 4.79 Å². The van der Waals surface area contributed by atoms with E-state index in [4.69, 9.17) is 0 Å². The van der Waals surface area contributed by atoms with Crippen molar-refractivity contribution in [2.24, 2.45) is 0 Å². The average Bonchev–Trinajstić information content (AvgIpc) is 2.79. The zero-order chi connectivity index (χ0) is 20.8. The highest BCUT2D eigenvalue weighted by molar-refractivity contribution is 7.95. The van der Waals surface area contributed by atoms with Gasteiger partial charge in [0.15, 0.2) is 0 Å². The smallest absolute Gasteiger partial charge is 0.221 e. The second-order valence-corrected chi connectivity index (χ2v) is 10.8. The molecule has 0 aliphatic carbocycles. The Kier molecular flexibility index (Phi) is 6.07. The topological polar surface area (TPSA) is 29.1 Å². The van der Waals surface area contributed by atoms with Gasteiger partial charge < -0.3 is 5.32 Å². The summed E-state index contributed by atoms with van der Waals surface area (Å²) in [5, 5.41) is 6.99. The Labute approximate surface area is 178 Å². The zero-order valence-electron chi connectivity index (χ0n) is 17.0. The van der Waals surface area contributed by atoms with Crippen molar-refractivity contribution in [3.8, 4) is 0 Å². The minimum atomic E-state index is -1.94. The van der Waals surface area contributed by atoms with E-state index in [1.807, 2.05) is 12.1 Å². The summed E-state index contributed by atoms with van der Waals surface area (Å²) in [6.07, 6.45) is 0.887. The fraction of sp³-hybridized carbons (Fsp3) is 0.0741. The number of hydrogen-bond donors (Lipinski definition) is 1. The van der Waals surface area contributed by atoms with Gasteiger partial charge >= 0.3 is 0 Å². The minimum absolute atomic E-state index is 0.0533. The lowest BCUT2D eigenvalue weighted by atomic mass is 10.2. The molecule has 0 unspecified atom stereocenters. The Balaban J connectivity index is 1.93. The van der Waals surface area contributed by atoms with E-state index in [1.54, 1.807) is 6.92 Å². The number of carbonyl (C=O) groups is 1. The lowest BCUT2D eigenvalue weighted by molar-refractivity contribution is -0.114. The monoisotopic (exact) mass is 410 g/mol. The van der Waals surface area contributed by atoms with E-state index in [0.29, 0.717) is 0 Å². The number of hydrogen-bond acceptors (Lipinski definition) is 1. The molecule has 1 N–H and O–H groups in total. The van der Waals surface area contributed by atoms with Crippen molar-refractivity contribution in [1.82, 2.24) is 0 Å². The third kappa shape index (κ3) is 4.20. The molecule has 0 atom stereocenters. The van der Waals surface area contributed by atoms with Gasteiger partial charge in [0.05, 0.1) is 6.16 Å². The number of anilines is 1. The standard InChI is InChI=1S/C27H24NOP/c1-22(29)28-24-13-11-12-23(20-24)21-30(25-14-5-2-6-15-25,26-16-7-3-8-17-26)27-18-9-4-10-19-27/h2-20H,21H2,1H3/p+1. The summed E-state index contributed by atoms with van der Waals surface area (Å²) < 4.78 is 0. The van der Waals surface area contributed by atoms with E-state index in [0.717, 1.165) is 11.8 Å². The third-order valence-corrected chi connectivity index (χ3v) is 9.64. The summed E-state index contributed by atoms with van der Waals surface area (Å²) >= 11 is 0. The second-order valence-electron chi connectivity index (χ2n) is 7.36. The maximum Gasteiger partial charge on any atom is 0.221 e.